The lowest BCUT2D eigenvalue weighted by Crippen LogP contribution is -2.49. The van der Waals surface area contributed by atoms with E-state index in [4.69, 9.17) is 15.2 Å². The van der Waals surface area contributed by atoms with E-state index in [0.717, 1.165) is 75.1 Å². The van der Waals surface area contributed by atoms with Gasteiger partial charge in [-0.25, -0.2) is 14.8 Å². The Kier molecular flexibility index (Phi) is 12.3. The van der Waals surface area contributed by atoms with E-state index in [9.17, 15) is 27.6 Å². The van der Waals surface area contributed by atoms with Crippen LogP contribution in [0.1, 0.15) is 81.3 Å². The second-order valence-corrected chi connectivity index (χ2v) is 16.5. The van der Waals surface area contributed by atoms with Crippen molar-refractivity contribution in [3.05, 3.63) is 71.5 Å². The smallest absolute Gasteiger partial charge is 0.416 e. The number of hydrogen-bond donors (Lipinski definition) is 3. The zero-order valence-corrected chi connectivity index (χ0v) is 34.5. The van der Waals surface area contributed by atoms with E-state index in [1.54, 1.807) is 38.0 Å². The summed E-state index contributed by atoms with van der Waals surface area (Å²) in [5.74, 6) is 2.29. The first-order chi connectivity index (χ1) is 28.6. The highest BCUT2D eigenvalue weighted by Gasteiger charge is 2.45. The van der Waals surface area contributed by atoms with Gasteiger partial charge in [0.05, 0.1) is 30.8 Å². The van der Waals surface area contributed by atoms with Crippen molar-refractivity contribution in [1.29, 1.82) is 0 Å². The van der Waals surface area contributed by atoms with Gasteiger partial charge in [-0.3, -0.25) is 19.8 Å². The van der Waals surface area contributed by atoms with Gasteiger partial charge in [-0.2, -0.15) is 13.2 Å². The van der Waals surface area contributed by atoms with Crippen molar-refractivity contribution in [2.75, 3.05) is 67.8 Å². The van der Waals surface area contributed by atoms with Gasteiger partial charge in [-0.1, -0.05) is 0 Å². The number of nitrogens with two attached hydrogens (primary N) is 1. The molecule has 4 N–H and O–H groups in total. The molecule has 0 unspecified atom stereocenters. The molecule has 3 aromatic carbocycles. The monoisotopic (exact) mass is 830 g/mol. The number of methoxy groups -OCH3 is 1. The molecule has 1 saturated carbocycles. The van der Waals surface area contributed by atoms with Crippen molar-refractivity contribution in [2.24, 2.45) is 11.3 Å². The number of aryl methyl sites for hydroxylation is 1. The number of imide groups is 1. The molecule has 16 heteroatoms. The van der Waals surface area contributed by atoms with Crippen LogP contribution < -0.4 is 35.6 Å². The average molecular weight is 831 g/mol. The van der Waals surface area contributed by atoms with Crippen LogP contribution >= 0.6 is 0 Å². The number of hydrogen-bond acceptors (Lipinski definition) is 10. The second-order valence-electron chi connectivity index (χ2n) is 16.5. The summed E-state index contributed by atoms with van der Waals surface area (Å²) in [5, 5.41) is 6.24. The van der Waals surface area contributed by atoms with Crippen LogP contribution in [-0.2, 0) is 15.8 Å². The van der Waals surface area contributed by atoms with Crippen LogP contribution in [0.25, 0.3) is 10.9 Å². The van der Waals surface area contributed by atoms with Crippen LogP contribution in [0.5, 0.6) is 11.5 Å². The highest BCUT2D eigenvalue weighted by Crippen LogP contribution is 2.47. The fourth-order valence-electron chi connectivity index (χ4n) is 8.23. The number of piperidine rings is 1. The number of rotatable bonds is 15. The first-order valence-electron chi connectivity index (χ1n) is 20.5. The predicted molar refractivity (Wildman–Crippen MR) is 224 cm³/mol. The van der Waals surface area contributed by atoms with E-state index in [0.29, 0.717) is 78.1 Å². The van der Waals surface area contributed by atoms with Crippen molar-refractivity contribution in [3.63, 3.8) is 0 Å². The number of amides is 4. The van der Waals surface area contributed by atoms with E-state index in [1.807, 2.05) is 36.2 Å². The Labute approximate surface area is 347 Å². The van der Waals surface area contributed by atoms with Gasteiger partial charge < -0.3 is 30.3 Å². The summed E-state index contributed by atoms with van der Waals surface area (Å²) in [6.45, 7) is 6.67. The van der Waals surface area contributed by atoms with E-state index in [1.165, 1.54) is 6.07 Å². The molecule has 0 bridgehead atoms. The third-order valence-corrected chi connectivity index (χ3v) is 11.9. The molecule has 2 aliphatic heterocycles. The molecule has 4 aromatic rings. The minimum absolute atomic E-state index is 0.0148. The highest BCUT2D eigenvalue weighted by atomic mass is 19.4. The lowest BCUT2D eigenvalue weighted by atomic mass is 9.91. The molecule has 1 aliphatic carbocycles. The van der Waals surface area contributed by atoms with Crippen molar-refractivity contribution in [3.8, 4) is 11.5 Å². The molecule has 0 spiro atoms. The average Bonchev–Trinajstić information content (AvgIpc) is 3.98. The number of carbonyl (C=O) groups is 3. The van der Waals surface area contributed by atoms with Gasteiger partial charge in [0.1, 0.15) is 11.6 Å². The molecule has 2 saturated heterocycles. The SMILES string of the molecule is COc1cc2nc(C)nc(N[C@H](C)c3cc(N)cc(C(F)(F)F)c3)c2cc1OCC1(CN(C)C(=O)CCCC2CCN(c3ccc(N4CCC(=O)NC4=O)cc3)CC2)CC1. The number of benzene rings is 3. The van der Waals surface area contributed by atoms with Gasteiger partial charge in [0, 0.05) is 80.0 Å². The van der Waals surface area contributed by atoms with Crippen molar-refractivity contribution in [2.45, 2.75) is 77.4 Å². The largest absolute Gasteiger partial charge is 0.493 e. The molecule has 320 valence electrons. The molecule has 60 heavy (non-hydrogen) atoms. The number of urea groups is 1. The van der Waals surface area contributed by atoms with Crippen molar-refractivity contribution in [1.82, 2.24) is 20.2 Å². The normalized spacial score (nSPS) is 17.3. The molecule has 1 atom stereocenters. The molecule has 1 aromatic heterocycles. The number of nitrogens with zero attached hydrogens (tertiary/aromatic N) is 5. The number of anilines is 4. The first kappa shape index (κ1) is 42.3. The zero-order valence-electron chi connectivity index (χ0n) is 34.5. The molecule has 0 radical (unpaired) electrons. The third kappa shape index (κ3) is 9.96. The fraction of sp³-hybridized carbons (Fsp3) is 0.477. The van der Waals surface area contributed by atoms with E-state index in [-0.39, 0.29) is 28.9 Å². The summed E-state index contributed by atoms with van der Waals surface area (Å²) in [7, 11) is 3.41. The van der Waals surface area contributed by atoms with E-state index < -0.39 is 17.8 Å². The van der Waals surface area contributed by atoms with E-state index in [2.05, 4.69) is 25.5 Å². The van der Waals surface area contributed by atoms with Crippen LogP contribution in [-0.4, -0.2) is 79.7 Å². The highest BCUT2D eigenvalue weighted by molar-refractivity contribution is 6.05. The zero-order chi connectivity index (χ0) is 42.8. The Morgan fingerprint density at radius 1 is 1.03 bits per heavy atom. The Hall–Kier alpha value is -5.80. The first-order valence-corrected chi connectivity index (χ1v) is 20.5. The Morgan fingerprint density at radius 3 is 2.42 bits per heavy atom. The van der Waals surface area contributed by atoms with E-state index >= 15 is 0 Å². The van der Waals surface area contributed by atoms with Crippen LogP contribution in [0.2, 0.25) is 0 Å². The Balaban J connectivity index is 0.895. The second kappa shape index (κ2) is 17.4. The summed E-state index contributed by atoms with van der Waals surface area (Å²) >= 11 is 0. The quantitative estimate of drug-likeness (QED) is 0.101. The number of fused-ring (bicyclic) bond motifs is 1. The lowest BCUT2D eigenvalue weighted by Gasteiger charge is -2.34. The van der Waals surface area contributed by atoms with Gasteiger partial charge in [0.25, 0.3) is 0 Å². The number of aromatic nitrogens is 2. The van der Waals surface area contributed by atoms with Gasteiger partial charge in [0.2, 0.25) is 11.8 Å². The van der Waals surface area contributed by atoms with Gasteiger partial charge >= 0.3 is 12.2 Å². The van der Waals surface area contributed by atoms with Crippen LogP contribution in [0.4, 0.5) is 40.8 Å². The molecule has 13 nitrogen and oxygen atoms in total. The number of ether oxygens (including phenoxy) is 2. The maximum Gasteiger partial charge on any atom is 0.416 e. The molecule has 4 amide bonds. The molecular weight excluding hydrogens is 778 g/mol. The number of carbonyl (C=O) groups excluding carboxylic acids is 3. The lowest BCUT2D eigenvalue weighted by molar-refractivity contribution is -0.137. The summed E-state index contributed by atoms with van der Waals surface area (Å²) < 4.78 is 52.7. The maximum absolute atomic E-state index is 13.6. The maximum atomic E-state index is 13.6. The standard InChI is InChI=1S/C44H53F3N8O5/c1-27(30-20-31(44(45,46)47)22-32(48)21-30)49-41-35-23-38(37(59-4)24-36(35)50-28(2)51-41)60-26-43(15-16-43)25-53(3)40(57)7-5-6-29-12-17-54(18-13-29)33-8-10-34(11-9-33)55-19-14-39(56)52-42(55)58/h8-11,20-24,27,29H,5-7,12-19,25-26,48H2,1-4H3,(H,49,50,51)(H,52,56,58)/t27-/m1/s1. The Bertz CT molecular complexity index is 2220. The molecular formula is C44H53F3N8O5. The predicted octanol–water partition coefficient (Wildman–Crippen LogP) is 7.87. The topological polar surface area (TPSA) is 155 Å². The van der Waals surface area contributed by atoms with Crippen LogP contribution in [0.3, 0.4) is 0 Å². The summed E-state index contributed by atoms with van der Waals surface area (Å²) in [5.41, 5.74) is 7.68. The molecule has 3 aliphatic rings. The Morgan fingerprint density at radius 2 is 1.75 bits per heavy atom. The molecule has 3 fully saturated rings. The number of alkyl halides is 3. The molecule has 3 heterocycles. The number of nitrogen functional groups attached to an aromatic ring is 1. The van der Waals surface area contributed by atoms with Crippen molar-refractivity contribution >= 4 is 51.6 Å². The summed E-state index contributed by atoms with van der Waals surface area (Å²) in [4.78, 5) is 51.9. The minimum Gasteiger partial charge on any atom is -0.493 e. The van der Waals surface area contributed by atoms with Crippen LogP contribution in [0, 0.1) is 18.3 Å². The summed E-state index contributed by atoms with van der Waals surface area (Å²) in [6, 6.07) is 14.0. The van der Waals surface area contributed by atoms with Gasteiger partial charge in [-0.05, 0) is 112 Å². The molecule has 7 rings (SSSR count). The summed E-state index contributed by atoms with van der Waals surface area (Å²) in [6.07, 6.45) is 2.01. The third-order valence-electron chi connectivity index (χ3n) is 11.9. The van der Waals surface area contributed by atoms with Crippen LogP contribution in [0.15, 0.2) is 54.6 Å². The number of nitrogens with one attached hydrogen (secondary N) is 2. The van der Waals surface area contributed by atoms with Gasteiger partial charge in [0.15, 0.2) is 11.5 Å². The van der Waals surface area contributed by atoms with Gasteiger partial charge in [-0.15, -0.1) is 0 Å². The fourth-order valence-corrected chi connectivity index (χ4v) is 8.23. The minimum atomic E-state index is -4.54. The number of halogens is 3. The van der Waals surface area contributed by atoms with Crippen molar-refractivity contribution < 1.29 is 37.0 Å².